The van der Waals surface area contributed by atoms with Crippen molar-refractivity contribution >= 4 is 8.32 Å². The molecule has 0 N–H and O–H groups in total. The van der Waals surface area contributed by atoms with Crippen LogP contribution in [0.3, 0.4) is 0 Å². The molecule has 2 heterocycles. The van der Waals surface area contributed by atoms with Gasteiger partial charge in [0.05, 0.1) is 6.61 Å². The van der Waals surface area contributed by atoms with Crippen molar-refractivity contribution in [2.75, 3.05) is 6.61 Å². The first-order chi connectivity index (χ1) is 12.8. The van der Waals surface area contributed by atoms with Crippen LogP contribution in [0.5, 0.6) is 5.88 Å². The number of hydrogen-bond acceptors (Lipinski definition) is 4. The number of nitrogens with zero attached hydrogens (tertiary/aromatic N) is 2. The van der Waals surface area contributed by atoms with Crippen LogP contribution in [0.2, 0.25) is 18.1 Å². The molecule has 0 saturated carbocycles. The molecule has 2 aromatic rings. The summed E-state index contributed by atoms with van der Waals surface area (Å²) in [6.45, 7) is 9.49. The van der Waals surface area contributed by atoms with Gasteiger partial charge in [0, 0.05) is 29.6 Å². The van der Waals surface area contributed by atoms with Gasteiger partial charge in [-0.1, -0.05) is 20.8 Å². The molecular weight excluding hydrogens is 392 g/mol. The van der Waals surface area contributed by atoms with E-state index in [2.05, 4.69) is 48.6 Å². The van der Waals surface area contributed by atoms with Crippen molar-refractivity contribution in [1.82, 2.24) is 9.97 Å². The molecule has 28 heavy (non-hydrogen) atoms. The van der Waals surface area contributed by atoms with E-state index in [0.717, 1.165) is 0 Å². The van der Waals surface area contributed by atoms with E-state index in [0.29, 0.717) is 17.7 Å². The number of halogens is 4. The SMILES string of the molecule is CC(C)(C)[Si](C)(C)OCc1cnc(F)c(-c2ccc(OCC(F)(F)F)nc2)c1. The van der Waals surface area contributed by atoms with E-state index in [1.807, 2.05) is 0 Å². The van der Waals surface area contributed by atoms with Crippen molar-refractivity contribution in [3.05, 3.63) is 42.1 Å². The predicted octanol–water partition coefficient (Wildman–Crippen LogP) is 5.75. The van der Waals surface area contributed by atoms with Crippen molar-refractivity contribution < 1.29 is 26.7 Å². The van der Waals surface area contributed by atoms with Gasteiger partial charge in [0.1, 0.15) is 0 Å². The van der Waals surface area contributed by atoms with Crippen LogP contribution in [0.25, 0.3) is 11.1 Å². The molecule has 0 saturated heterocycles. The van der Waals surface area contributed by atoms with Gasteiger partial charge in [-0.05, 0) is 35.8 Å². The highest BCUT2D eigenvalue weighted by Crippen LogP contribution is 2.37. The number of ether oxygens (including phenoxy) is 1. The van der Waals surface area contributed by atoms with Gasteiger partial charge < -0.3 is 9.16 Å². The molecular formula is C19H24F4N2O2Si. The molecule has 9 heteroatoms. The molecule has 154 valence electrons. The lowest BCUT2D eigenvalue weighted by molar-refractivity contribution is -0.154. The second-order valence-corrected chi connectivity index (χ2v) is 12.8. The molecule has 0 aliphatic heterocycles. The largest absolute Gasteiger partial charge is 0.468 e. The van der Waals surface area contributed by atoms with Crippen LogP contribution in [-0.4, -0.2) is 31.1 Å². The van der Waals surface area contributed by atoms with E-state index in [-0.39, 0.29) is 16.5 Å². The van der Waals surface area contributed by atoms with Gasteiger partial charge in [-0.3, -0.25) is 0 Å². The topological polar surface area (TPSA) is 44.2 Å². The summed E-state index contributed by atoms with van der Waals surface area (Å²) < 4.78 is 61.4. The fraction of sp³-hybridized carbons (Fsp3) is 0.474. The smallest absolute Gasteiger partial charge is 0.422 e. The van der Waals surface area contributed by atoms with Gasteiger partial charge in [-0.15, -0.1) is 0 Å². The van der Waals surface area contributed by atoms with Gasteiger partial charge in [0.25, 0.3) is 0 Å². The summed E-state index contributed by atoms with van der Waals surface area (Å²) >= 11 is 0. The maximum atomic E-state index is 14.2. The Labute approximate surface area is 163 Å². The molecule has 0 atom stereocenters. The molecule has 0 unspecified atom stereocenters. The number of rotatable bonds is 6. The summed E-state index contributed by atoms with van der Waals surface area (Å²) in [6, 6.07) is 4.32. The quantitative estimate of drug-likeness (QED) is 0.342. The Morgan fingerprint density at radius 2 is 1.71 bits per heavy atom. The van der Waals surface area contributed by atoms with Crippen LogP contribution >= 0.6 is 0 Å². The monoisotopic (exact) mass is 416 g/mol. The lowest BCUT2D eigenvalue weighted by Crippen LogP contribution is -2.40. The van der Waals surface area contributed by atoms with Gasteiger partial charge in [-0.25, -0.2) is 9.97 Å². The van der Waals surface area contributed by atoms with E-state index >= 15 is 0 Å². The Balaban J connectivity index is 2.15. The molecule has 0 amide bonds. The second kappa shape index (κ2) is 8.16. The predicted molar refractivity (Wildman–Crippen MR) is 101 cm³/mol. The fourth-order valence-electron chi connectivity index (χ4n) is 2.03. The van der Waals surface area contributed by atoms with E-state index < -0.39 is 27.0 Å². The third kappa shape index (κ3) is 6.00. The lowest BCUT2D eigenvalue weighted by Gasteiger charge is -2.36. The number of hydrogen-bond donors (Lipinski definition) is 0. The third-order valence-corrected chi connectivity index (χ3v) is 9.21. The minimum absolute atomic E-state index is 0.0411. The minimum Gasteiger partial charge on any atom is -0.468 e. The van der Waals surface area contributed by atoms with Crippen molar-refractivity contribution in [1.29, 1.82) is 0 Å². The van der Waals surface area contributed by atoms with Crippen molar-refractivity contribution in [2.24, 2.45) is 0 Å². The van der Waals surface area contributed by atoms with Gasteiger partial charge in [0.2, 0.25) is 11.8 Å². The Morgan fingerprint density at radius 1 is 1.04 bits per heavy atom. The van der Waals surface area contributed by atoms with Crippen LogP contribution in [0.15, 0.2) is 30.6 Å². The molecule has 0 bridgehead atoms. The van der Waals surface area contributed by atoms with E-state index in [9.17, 15) is 17.6 Å². The van der Waals surface area contributed by atoms with Crippen LogP contribution in [0, 0.1) is 5.95 Å². The Morgan fingerprint density at radius 3 is 2.25 bits per heavy atom. The second-order valence-electron chi connectivity index (χ2n) is 8.02. The Hall–Kier alpha value is -2.00. The van der Waals surface area contributed by atoms with E-state index in [1.54, 1.807) is 6.07 Å². The van der Waals surface area contributed by atoms with Crippen molar-refractivity contribution in [3.8, 4) is 17.0 Å². The minimum atomic E-state index is -4.45. The molecule has 4 nitrogen and oxygen atoms in total. The first kappa shape index (κ1) is 22.3. The van der Waals surface area contributed by atoms with Gasteiger partial charge in [0.15, 0.2) is 14.9 Å². The van der Waals surface area contributed by atoms with Gasteiger partial charge >= 0.3 is 6.18 Å². The average Bonchev–Trinajstić information content (AvgIpc) is 2.58. The number of pyridine rings is 2. The summed E-state index contributed by atoms with van der Waals surface area (Å²) in [5.74, 6) is -0.881. The van der Waals surface area contributed by atoms with Crippen molar-refractivity contribution in [2.45, 2.75) is 51.7 Å². The molecule has 0 spiro atoms. The highest BCUT2D eigenvalue weighted by Gasteiger charge is 2.37. The van der Waals surface area contributed by atoms with Crippen LogP contribution < -0.4 is 4.74 Å². The summed E-state index contributed by atoms with van der Waals surface area (Å²) in [5.41, 5.74) is 1.29. The highest BCUT2D eigenvalue weighted by atomic mass is 28.4. The Bertz CT molecular complexity index is 803. The summed E-state index contributed by atoms with van der Waals surface area (Å²) in [7, 11) is -1.97. The molecule has 0 aliphatic rings. The maximum Gasteiger partial charge on any atom is 0.422 e. The first-order valence-electron chi connectivity index (χ1n) is 8.73. The first-order valence-corrected chi connectivity index (χ1v) is 11.6. The third-order valence-electron chi connectivity index (χ3n) is 4.73. The van der Waals surface area contributed by atoms with Crippen LogP contribution in [0.1, 0.15) is 26.3 Å². The molecule has 2 rings (SSSR count). The standard InChI is InChI=1S/C19H24F4N2O2Si/c1-18(2,3)28(4,5)27-11-13-8-15(17(20)25-9-13)14-6-7-16(24-10-14)26-12-19(21,22)23/h6-10H,11-12H2,1-5H3. The summed E-state index contributed by atoms with van der Waals surface area (Å²) in [4.78, 5) is 7.58. The van der Waals surface area contributed by atoms with Gasteiger partial charge in [-0.2, -0.15) is 17.6 Å². The Kier molecular flexibility index (Phi) is 6.50. The van der Waals surface area contributed by atoms with E-state index in [4.69, 9.17) is 4.43 Å². The summed E-state index contributed by atoms with van der Waals surface area (Å²) in [5, 5.41) is 0.0411. The average molecular weight is 416 g/mol. The van der Waals surface area contributed by atoms with E-state index in [1.165, 1.54) is 24.5 Å². The van der Waals surface area contributed by atoms with Crippen LogP contribution in [0.4, 0.5) is 17.6 Å². The normalized spacial score (nSPS) is 12.9. The molecule has 0 radical (unpaired) electrons. The summed E-state index contributed by atoms with van der Waals surface area (Å²) in [6.07, 6.45) is -1.78. The number of alkyl halides is 3. The maximum absolute atomic E-state index is 14.2. The van der Waals surface area contributed by atoms with Crippen LogP contribution in [-0.2, 0) is 11.0 Å². The lowest BCUT2D eigenvalue weighted by atomic mass is 10.1. The molecule has 0 fully saturated rings. The fourth-order valence-corrected chi connectivity index (χ4v) is 2.99. The highest BCUT2D eigenvalue weighted by molar-refractivity contribution is 6.74. The van der Waals surface area contributed by atoms with Crippen molar-refractivity contribution in [3.63, 3.8) is 0 Å². The zero-order valence-corrected chi connectivity index (χ0v) is 17.5. The molecule has 0 aliphatic carbocycles. The molecule has 2 aromatic heterocycles. The zero-order chi connectivity index (χ0) is 21.2. The molecule has 0 aromatic carbocycles. The zero-order valence-electron chi connectivity index (χ0n) is 16.5. The number of aromatic nitrogens is 2.